The number of carbonyl (C=O) groups is 2. The molecular weight excluding hydrogens is 294 g/mol. The van der Waals surface area contributed by atoms with Gasteiger partial charge in [-0.25, -0.2) is 0 Å². The quantitative estimate of drug-likeness (QED) is 0.941. The Morgan fingerprint density at radius 3 is 2.61 bits per heavy atom. The number of ether oxygens (including phenoxy) is 1. The maximum atomic E-state index is 12.2. The lowest BCUT2D eigenvalue weighted by Gasteiger charge is -2.16. The molecule has 1 saturated heterocycles. The summed E-state index contributed by atoms with van der Waals surface area (Å²) in [5, 5.41) is 11.3. The second kappa shape index (κ2) is 6.28. The lowest BCUT2D eigenvalue weighted by molar-refractivity contribution is -0.142. The van der Waals surface area contributed by atoms with Crippen LogP contribution in [0.25, 0.3) is 10.8 Å². The van der Waals surface area contributed by atoms with Gasteiger partial charge in [0.15, 0.2) is 6.61 Å². The van der Waals surface area contributed by atoms with E-state index in [1.807, 2.05) is 49.4 Å². The van der Waals surface area contributed by atoms with Gasteiger partial charge in [0.1, 0.15) is 5.75 Å². The van der Waals surface area contributed by atoms with Crippen molar-refractivity contribution in [1.82, 2.24) is 4.90 Å². The Kier molecular flexibility index (Phi) is 4.19. The van der Waals surface area contributed by atoms with Crippen LogP contribution in [0.4, 0.5) is 0 Å². The molecular formula is C18H19NO4. The summed E-state index contributed by atoms with van der Waals surface area (Å²) in [6.07, 6.45) is 0. The Balaban J connectivity index is 1.61. The van der Waals surface area contributed by atoms with Crippen LogP contribution in [0.15, 0.2) is 42.5 Å². The fourth-order valence-corrected chi connectivity index (χ4v) is 2.99. The van der Waals surface area contributed by atoms with Gasteiger partial charge in [0.05, 0.1) is 5.92 Å². The maximum absolute atomic E-state index is 12.2. The Morgan fingerprint density at radius 1 is 1.17 bits per heavy atom. The largest absolute Gasteiger partial charge is 0.484 e. The van der Waals surface area contributed by atoms with E-state index in [0.29, 0.717) is 12.3 Å². The van der Waals surface area contributed by atoms with Gasteiger partial charge in [-0.2, -0.15) is 0 Å². The third kappa shape index (κ3) is 3.28. The molecule has 1 N–H and O–H groups in total. The van der Waals surface area contributed by atoms with Crippen LogP contribution in [0.1, 0.15) is 6.92 Å². The molecule has 1 amide bonds. The SMILES string of the molecule is C[C@@H]1CN(C(=O)COc2ccc3ccccc3c2)C[C@H]1C(=O)O. The Morgan fingerprint density at radius 2 is 1.91 bits per heavy atom. The minimum Gasteiger partial charge on any atom is -0.484 e. The van der Waals surface area contributed by atoms with Gasteiger partial charge < -0.3 is 14.7 Å². The highest BCUT2D eigenvalue weighted by Crippen LogP contribution is 2.24. The van der Waals surface area contributed by atoms with Gasteiger partial charge >= 0.3 is 5.97 Å². The zero-order valence-electron chi connectivity index (χ0n) is 12.9. The van der Waals surface area contributed by atoms with Gasteiger partial charge in [0, 0.05) is 13.1 Å². The molecule has 0 unspecified atom stereocenters. The normalized spacial score (nSPS) is 20.7. The number of benzene rings is 2. The van der Waals surface area contributed by atoms with Crippen molar-refractivity contribution in [2.24, 2.45) is 11.8 Å². The summed E-state index contributed by atoms with van der Waals surface area (Å²) in [6, 6.07) is 13.6. The van der Waals surface area contributed by atoms with E-state index in [0.717, 1.165) is 10.8 Å². The van der Waals surface area contributed by atoms with Gasteiger partial charge in [-0.05, 0) is 28.8 Å². The number of hydrogen-bond acceptors (Lipinski definition) is 3. The van der Waals surface area contributed by atoms with Crippen molar-refractivity contribution in [3.8, 4) is 5.75 Å². The smallest absolute Gasteiger partial charge is 0.308 e. The minimum absolute atomic E-state index is 0.0304. The van der Waals surface area contributed by atoms with Crippen molar-refractivity contribution >= 4 is 22.6 Å². The van der Waals surface area contributed by atoms with Crippen LogP contribution in [0.3, 0.4) is 0 Å². The van der Waals surface area contributed by atoms with E-state index in [1.165, 1.54) is 0 Å². The van der Waals surface area contributed by atoms with Gasteiger partial charge in [-0.1, -0.05) is 37.3 Å². The number of fused-ring (bicyclic) bond motifs is 1. The lowest BCUT2D eigenvalue weighted by atomic mass is 9.99. The highest BCUT2D eigenvalue weighted by Gasteiger charge is 2.36. The van der Waals surface area contributed by atoms with Crippen molar-refractivity contribution in [2.75, 3.05) is 19.7 Å². The van der Waals surface area contributed by atoms with Crippen molar-refractivity contribution in [3.63, 3.8) is 0 Å². The minimum atomic E-state index is -0.844. The first-order valence-corrected chi connectivity index (χ1v) is 7.67. The first-order chi connectivity index (χ1) is 11.0. The summed E-state index contributed by atoms with van der Waals surface area (Å²) in [6.45, 7) is 2.51. The molecule has 1 aliphatic rings. The number of aliphatic carboxylic acids is 1. The first-order valence-electron chi connectivity index (χ1n) is 7.67. The van der Waals surface area contributed by atoms with Crippen LogP contribution in [0.5, 0.6) is 5.75 Å². The van der Waals surface area contributed by atoms with E-state index >= 15 is 0 Å². The molecule has 1 fully saturated rings. The predicted molar refractivity (Wildman–Crippen MR) is 86.3 cm³/mol. The van der Waals surface area contributed by atoms with Gasteiger partial charge in [-0.3, -0.25) is 9.59 Å². The monoisotopic (exact) mass is 313 g/mol. The molecule has 2 aromatic rings. The van der Waals surface area contributed by atoms with Crippen molar-refractivity contribution < 1.29 is 19.4 Å². The molecule has 2 atom stereocenters. The zero-order chi connectivity index (χ0) is 16.4. The molecule has 0 aliphatic carbocycles. The van der Waals surface area contributed by atoms with E-state index in [1.54, 1.807) is 4.90 Å². The van der Waals surface area contributed by atoms with Crippen molar-refractivity contribution in [1.29, 1.82) is 0 Å². The van der Waals surface area contributed by atoms with Crippen molar-refractivity contribution in [3.05, 3.63) is 42.5 Å². The summed E-state index contributed by atoms with van der Waals surface area (Å²) in [4.78, 5) is 24.9. The van der Waals surface area contributed by atoms with Crippen LogP contribution in [-0.2, 0) is 9.59 Å². The van der Waals surface area contributed by atoms with Gasteiger partial charge in [0.25, 0.3) is 5.91 Å². The molecule has 2 aromatic carbocycles. The summed E-state index contributed by atoms with van der Waals surface area (Å²) < 4.78 is 5.58. The molecule has 0 spiro atoms. The summed E-state index contributed by atoms with van der Waals surface area (Å²) in [5.41, 5.74) is 0. The number of amides is 1. The average Bonchev–Trinajstić information content (AvgIpc) is 2.94. The molecule has 1 aliphatic heterocycles. The number of carboxylic acid groups (broad SMARTS) is 1. The molecule has 0 radical (unpaired) electrons. The van der Waals surface area contributed by atoms with E-state index in [9.17, 15) is 9.59 Å². The lowest BCUT2D eigenvalue weighted by Crippen LogP contribution is -2.33. The van der Waals surface area contributed by atoms with Crippen LogP contribution >= 0.6 is 0 Å². The topological polar surface area (TPSA) is 66.8 Å². The third-order valence-electron chi connectivity index (χ3n) is 4.37. The fraction of sp³-hybridized carbons (Fsp3) is 0.333. The number of carboxylic acids is 1. The maximum Gasteiger partial charge on any atom is 0.308 e. The van der Waals surface area contributed by atoms with Gasteiger partial charge in [0.2, 0.25) is 0 Å². The van der Waals surface area contributed by atoms with Crippen LogP contribution < -0.4 is 4.74 Å². The molecule has 3 rings (SSSR count). The van der Waals surface area contributed by atoms with Crippen LogP contribution in [0.2, 0.25) is 0 Å². The zero-order valence-corrected chi connectivity index (χ0v) is 12.9. The number of rotatable bonds is 4. The van der Waals surface area contributed by atoms with E-state index in [-0.39, 0.29) is 25.0 Å². The van der Waals surface area contributed by atoms with Crippen LogP contribution in [0, 0.1) is 11.8 Å². The third-order valence-corrected chi connectivity index (χ3v) is 4.37. The molecule has 23 heavy (non-hydrogen) atoms. The highest BCUT2D eigenvalue weighted by atomic mass is 16.5. The molecule has 1 heterocycles. The van der Waals surface area contributed by atoms with E-state index in [2.05, 4.69) is 0 Å². The Hall–Kier alpha value is -2.56. The average molecular weight is 313 g/mol. The number of carbonyl (C=O) groups excluding carboxylic acids is 1. The van der Waals surface area contributed by atoms with E-state index in [4.69, 9.17) is 9.84 Å². The predicted octanol–water partition coefficient (Wildman–Crippen LogP) is 2.40. The summed E-state index contributed by atoms with van der Waals surface area (Å²) in [7, 11) is 0. The molecule has 120 valence electrons. The second-order valence-corrected chi connectivity index (χ2v) is 6.02. The number of hydrogen-bond donors (Lipinski definition) is 1. The molecule has 0 aromatic heterocycles. The summed E-state index contributed by atoms with van der Waals surface area (Å²) >= 11 is 0. The molecule has 5 heteroatoms. The fourth-order valence-electron chi connectivity index (χ4n) is 2.99. The number of likely N-dealkylation sites (tertiary alicyclic amines) is 1. The Labute approximate surface area is 134 Å². The molecule has 0 saturated carbocycles. The van der Waals surface area contributed by atoms with Crippen molar-refractivity contribution in [2.45, 2.75) is 6.92 Å². The molecule has 5 nitrogen and oxygen atoms in total. The van der Waals surface area contributed by atoms with E-state index < -0.39 is 11.9 Å². The Bertz CT molecular complexity index is 743. The second-order valence-electron chi connectivity index (χ2n) is 6.02. The van der Waals surface area contributed by atoms with Crippen LogP contribution in [-0.4, -0.2) is 41.6 Å². The first kappa shape index (κ1) is 15.3. The van der Waals surface area contributed by atoms with Gasteiger partial charge in [-0.15, -0.1) is 0 Å². The highest BCUT2D eigenvalue weighted by molar-refractivity contribution is 5.84. The standard InChI is InChI=1S/C18H19NO4/c1-12-9-19(10-16(12)18(21)22)17(20)11-23-15-7-6-13-4-2-3-5-14(13)8-15/h2-8,12,16H,9-11H2,1H3,(H,21,22)/t12-,16-/m1/s1. The number of nitrogens with zero attached hydrogens (tertiary/aromatic N) is 1. The summed E-state index contributed by atoms with van der Waals surface area (Å²) in [5.74, 6) is -0.896. The molecule has 0 bridgehead atoms.